The zero-order valence-corrected chi connectivity index (χ0v) is 18.3. The van der Waals surface area contributed by atoms with E-state index >= 15 is 0 Å². The van der Waals surface area contributed by atoms with Gasteiger partial charge in [0.2, 0.25) is 15.9 Å². The van der Waals surface area contributed by atoms with Gasteiger partial charge in [-0.3, -0.25) is 14.5 Å². The summed E-state index contributed by atoms with van der Waals surface area (Å²) in [4.78, 5) is 27.2. The van der Waals surface area contributed by atoms with Gasteiger partial charge in [-0.1, -0.05) is 0 Å². The van der Waals surface area contributed by atoms with Crippen molar-refractivity contribution < 1.29 is 27.9 Å². The molecule has 1 heterocycles. The molecule has 1 aliphatic rings. The molecule has 11 heteroatoms. The van der Waals surface area contributed by atoms with Crippen LogP contribution >= 0.6 is 12.4 Å². The van der Waals surface area contributed by atoms with E-state index in [0.29, 0.717) is 19.7 Å². The molecule has 0 aromatic heterocycles. The van der Waals surface area contributed by atoms with Gasteiger partial charge in [-0.15, -0.1) is 12.4 Å². The molecule has 0 aliphatic carbocycles. The lowest BCUT2D eigenvalue weighted by Crippen LogP contribution is -2.53. The minimum Gasteiger partial charge on any atom is -0.480 e. The van der Waals surface area contributed by atoms with E-state index in [4.69, 9.17) is 9.84 Å². The molecular weight excluding hydrogens is 398 g/mol. The maximum absolute atomic E-state index is 12.6. The number of carbonyl (C=O) groups excluding carboxylic acids is 1. The van der Waals surface area contributed by atoms with Gasteiger partial charge in [-0.25, -0.2) is 8.42 Å². The van der Waals surface area contributed by atoms with E-state index in [1.807, 2.05) is 37.5 Å². The lowest BCUT2D eigenvalue weighted by Gasteiger charge is -2.37. The Morgan fingerprint density at radius 3 is 2.22 bits per heavy atom. The first-order chi connectivity index (χ1) is 11.9. The van der Waals surface area contributed by atoms with Crippen LogP contribution in [-0.4, -0.2) is 103 Å². The number of hydrogen-bond acceptors (Lipinski definition) is 6. The second kappa shape index (κ2) is 11.2. The Morgan fingerprint density at radius 1 is 1.22 bits per heavy atom. The summed E-state index contributed by atoms with van der Waals surface area (Å²) in [7, 11) is -3.66. The second-order valence-corrected chi connectivity index (χ2v) is 9.15. The Hall–Kier alpha value is -0.940. The SMILES string of the molecule is CC(C)N(C(=O)CN1CCOC(CN(CC(=O)O)S(C)(=O)=O)C1)C(C)C.Cl. The van der Waals surface area contributed by atoms with Crippen LogP contribution in [0.4, 0.5) is 0 Å². The Balaban J connectivity index is 0.00000676. The summed E-state index contributed by atoms with van der Waals surface area (Å²) >= 11 is 0. The third kappa shape index (κ3) is 8.73. The number of ether oxygens (including phenoxy) is 1. The van der Waals surface area contributed by atoms with Crippen molar-refractivity contribution in [1.82, 2.24) is 14.1 Å². The highest BCUT2D eigenvalue weighted by Gasteiger charge is 2.30. The highest BCUT2D eigenvalue weighted by atomic mass is 35.5. The number of halogens is 1. The van der Waals surface area contributed by atoms with Crippen LogP contribution in [-0.2, 0) is 24.3 Å². The maximum atomic E-state index is 12.6. The number of rotatable bonds is 9. The molecule has 0 radical (unpaired) electrons. The first kappa shape index (κ1) is 26.1. The van der Waals surface area contributed by atoms with Crippen molar-refractivity contribution in [2.75, 3.05) is 45.6 Å². The van der Waals surface area contributed by atoms with E-state index in [0.717, 1.165) is 10.6 Å². The van der Waals surface area contributed by atoms with Gasteiger partial charge in [-0.05, 0) is 27.7 Å². The molecule has 0 spiro atoms. The largest absolute Gasteiger partial charge is 0.480 e. The van der Waals surface area contributed by atoms with Gasteiger partial charge in [0.1, 0.15) is 6.54 Å². The molecule has 160 valence electrons. The zero-order valence-electron chi connectivity index (χ0n) is 16.6. The Morgan fingerprint density at radius 2 is 1.78 bits per heavy atom. The number of carboxylic acid groups (broad SMARTS) is 1. The smallest absolute Gasteiger partial charge is 0.318 e. The van der Waals surface area contributed by atoms with Gasteiger partial charge >= 0.3 is 5.97 Å². The summed E-state index contributed by atoms with van der Waals surface area (Å²) in [5, 5.41) is 8.91. The molecule has 1 amide bonds. The average molecular weight is 430 g/mol. The molecule has 1 rings (SSSR count). The van der Waals surface area contributed by atoms with Crippen molar-refractivity contribution >= 4 is 34.3 Å². The summed E-state index contributed by atoms with van der Waals surface area (Å²) in [5.41, 5.74) is 0. The van der Waals surface area contributed by atoms with Crippen molar-refractivity contribution in [3.8, 4) is 0 Å². The summed E-state index contributed by atoms with van der Waals surface area (Å²) in [6, 6.07) is 0.186. The number of morpholine rings is 1. The topological polar surface area (TPSA) is 107 Å². The molecule has 1 fully saturated rings. The van der Waals surface area contributed by atoms with Gasteiger partial charge in [0.05, 0.1) is 25.5 Å². The van der Waals surface area contributed by atoms with E-state index in [9.17, 15) is 18.0 Å². The van der Waals surface area contributed by atoms with Crippen LogP contribution in [0, 0.1) is 0 Å². The van der Waals surface area contributed by atoms with E-state index in [1.165, 1.54) is 0 Å². The number of aliphatic carboxylic acids is 1. The fraction of sp³-hybridized carbons (Fsp3) is 0.875. The summed E-state index contributed by atoms with van der Waals surface area (Å²) in [6.45, 7) is 8.77. The van der Waals surface area contributed by atoms with E-state index in [2.05, 4.69) is 0 Å². The van der Waals surface area contributed by atoms with Gasteiger partial charge < -0.3 is 14.7 Å². The number of nitrogens with zero attached hydrogens (tertiary/aromatic N) is 3. The molecule has 1 N–H and O–H groups in total. The van der Waals surface area contributed by atoms with E-state index in [-0.39, 0.29) is 43.5 Å². The first-order valence-corrected chi connectivity index (χ1v) is 10.6. The number of hydrogen-bond donors (Lipinski definition) is 1. The monoisotopic (exact) mass is 429 g/mol. The number of carboxylic acids is 1. The van der Waals surface area contributed by atoms with Crippen LogP contribution in [0.3, 0.4) is 0 Å². The zero-order chi connectivity index (χ0) is 20.1. The number of carbonyl (C=O) groups is 2. The van der Waals surface area contributed by atoms with Gasteiger partial charge in [0, 0.05) is 31.7 Å². The Kier molecular flexibility index (Phi) is 10.8. The van der Waals surface area contributed by atoms with Crippen LogP contribution in [0.15, 0.2) is 0 Å². The molecule has 1 saturated heterocycles. The third-order valence-electron chi connectivity index (χ3n) is 4.17. The van der Waals surface area contributed by atoms with Crippen LogP contribution in [0.2, 0.25) is 0 Å². The minimum atomic E-state index is -3.66. The van der Waals surface area contributed by atoms with Gasteiger partial charge in [0.25, 0.3) is 0 Å². The molecule has 0 bridgehead atoms. The predicted octanol–water partition coefficient (Wildman–Crippen LogP) is 0.101. The Bertz CT molecular complexity index is 591. The summed E-state index contributed by atoms with van der Waals surface area (Å²) < 4.78 is 30.0. The molecule has 1 aliphatic heterocycles. The quantitative estimate of drug-likeness (QED) is 0.553. The van der Waals surface area contributed by atoms with Crippen LogP contribution in [0.1, 0.15) is 27.7 Å². The lowest BCUT2D eigenvalue weighted by atomic mass is 10.2. The normalized spacial score (nSPS) is 18.6. The van der Waals surface area contributed by atoms with Crippen LogP contribution in [0.25, 0.3) is 0 Å². The average Bonchev–Trinajstić information content (AvgIpc) is 2.44. The van der Waals surface area contributed by atoms with E-state index < -0.39 is 28.6 Å². The standard InChI is InChI=1S/C16H31N3O6S.ClH/c1-12(2)19(13(3)4)15(20)10-17-6-7-25-14(8-17)9-18(11-16(21)22)26(5,23)24;/h12-14H,6-11H2,1-5H3,(H,21,22);1H. The highest BCUT2D eigenvalue weighted by Crippen LogP contribution is 2.12. The Labute approximate surface area is 168 Å². The molecule has 27 heavy (non-hydrogen) atoms. The van der Waals surface area contributed by atoms with Crippen LogP contribution in [0.5, 0.6) is 0 Å². The predicted molar refractivity (Wildman–Crippen MR) is 105 cm³/mol. The minimum absolute atomic E-state index is 0. The second-order valence-electron chi connectivity index (χ2n) is 7.17. The van der Waals surface area contributed by atoms with Gasteiger partial charge in [0.15, 0.2) is 0 Å². The third-order valence-corrected chi connectivity index (χ3v) is 5.39. The molecule has 9 nitrogen and oxygen atoms in total. The lowest BCUT2D eigenvalue weighted by molar-refractivity contribution is -0.138. The van der Waals surface area contributed by atoms with Crippen molar-refractivity contribution in [3.05, 3.63) is 0 Å². The molecular formula is C16H32ClN3O6S. The summed E-state index contributed by atoms with van der Waals surface area (Å²) in [5.74, 6) is -1.20. The highest BCUT2D eigenvalue weighted by molar-refractivity contribution is 7.88. The number of amides is 1. The van der Waals surface area contributed by atoms with Crippen molar-refractivity contribution in [3.63, 3.8) is 0 Å². The molecule has 1 atom stereocenters. The van der Waals surface area contributed by atoms with Gasteiger partial charge in [-0.2, -0.15) is 4.31 Å². The maximum Gasteiger partial charge on any atom is 0.318 e. The van der Waals surface area contributed by atoms with Crippen molar-refractivity contribution in [2.45, 2.75) is 45.9 Å². The molecule has 0 saturated carbocycles. The first-order valence-electron chi connectivity index (χ1n) is 8.73. The molecule has 1 unspecified atom stereocenters. The van der Waals surface area contributed by atoms with E-state index in [1.54, 1.807) is 0 Å². The fourth-order valence-corrected chi connectivity index (χ4v) is 3.96. The number of sulfonamides is 1. The van der Waals surface area contributed by atoms with Crippen LogP contribution < -0.4 is 0 Å². The fourth-order valence-electron chi connectivity index (χ4n) is 3.17. The van der Waals surface area contributed by atoms with Crippen molar-refractivity contribution in [1.29, 1.82) is 0 Å². The van der Waals surface area contributed by atoms with Crippen molar-refractivity contribution in [2.24, 2.45) is 0 Å². The molecule has 0 aromatic carbocycles. The summed E-state index contributed by atoms with van der Waals surface area (Å²) in [6.07, 6.45) is 0.501. The molecule has 0 aromatic rings.